The predicted octanol–water partition coefficient (Wildman–Crippen LogP) is 5.89. The van der Waals surface area contributed by atoms with Gasteiger partial charge in [0.05, 0.1) is 12.0 Å². The molecule has 0 aromatic heterocycles. The third-order valence-electron chi connectivity index (χ3n) is 7.82. The third kappa shape index (κ3) is 4.91. The normalized spacial score (nSPS) is 23.4. The number of amides is 1. The van der Waals surface area contributed by atoms with E-state index in [1.807, 2.05) is 49.4 Å². The molecule has 2 fully saturated rings. The molecule has 0 bridgehead atoms. The van der Waals surface area contributed by atoms with Crippen molar-refractivity contribution >= 4 is 23.7 Å². The van der Waals surface area contributed by atoms with Gasteiger partial charge in [0.25, 0.3) is 0 Å². The van der Waals surface area contributed by atoms with Crippen LogP contribution in [-0.2, 0) is 9.59 Å². The number of Topliss-reactive ketones (excluding diaryl/α,β-unsaturated/α-hetero) is 1. The Kier molecular flexibility index (Phi) is 7.23. The molecule has 4 unspecified atom stereocenters. The van der Waals surface area contributed by atoms with Gasteiger partial charge >= 0.3 is 5.97 Å². The lowest BCUT2D eigenvalue weighted by Crippen LogP contribution is -2.49. The second kappa shape index (κ2) is 10.7. The number of carbonyl (C=O) groups excluding carboxylic acids is 2. The van der Waals surface area contributed by atoms with Crippen LogP contribution in [0.5, 0.6) is 0 Å². The number of nitrogens with zero attached hydrogens (tertiary/aromatic N) is 1. The number of hydrogen-bond acceptors (Lipinski definition) is 3. The summed E-state index contributed by atoms with van der Waals surface area (Å²) in [6.07, 6.45) is 5.96. The Hall–Kier alpha value is -4.06. The highest BCUT2D eigenvalue weighted by Gasteiger charge is 2.57. The van der Waals surface area contributed by atoms with Crippen LogP contribution in [-0.4, -0.2) is 39.7 Å². The number of aryl methyl sites for hydroxylation is 1. The van der Waals surface area contributed by atoms with Gasteiger partial charge in [-0.1, -0.05) is 84.8 Å². The molecular formula is C32H30FNO4. The van der Waals surface area contributed by atoms with Gasteiger partial charge in [-0.25, -0.2) is 9.18 Å². The van der Waals surface area contributed by atoms with Crippen LogP contribution in [0.1, 0.15) is 52.2 Å². The molecule has 1 amide bonds. The van der Waals surface area contributed by atoms with E-state index in [9.17, 15) is 23.9 Å². The highest BCUT2D eigenvalue weighted by molar-refractivity contribution is 6.02. The van der Waals surface area contributed by atoms with Crippen molar-refractivity contribution in [2.75, 3.05) is 0 Å². The molecule has 194 valence electrons. The molecule has 3 aromatic rings. The van der Waals surface area contributed by atoms with Gasteiger partial charge in [-0.2, -0.15) is 0 Å². The Morgan fingerprint density at radius 2 is 1.66 bits per heavy atom. The van der Waals surface area contributed by atoms with Crippen molar-refractivity contribution in [3.05, 3.63) is 113 Å². The Bertz CT molecular complexity index is 1360. The van der Waals surface area contributed by atoms with E-state index >= 15 is 0 Å². The molecular weight excluding hydrogens is 481 g/mol. The van der Waals surface area contributed by atoms with Gasteiger partial charge in [0.2, 0.25) is 5.91 Å². The van der Waals surface area contributed by atoms with E-state index < -0.39 is 35.7 Å². The number of aliphatic carboxylic acids is 1. The fraction of sp³-hybridized carbons (Fsp3) is 0.281. The Morgan fingerprint density at radius 1 is 0.947 bits per heavy atom. The predicted molar refractivity (Wildman–Crippen MR) is 143 cm³/mol. The zero-order chi connectivity index (χ0) is 26.8. The lowest BCUT2D eigenvalue weighted by molar-refractivity contribution is -0.152. The van der Waals surface area contributed by atoms with Gasteiger partial charge in [0.15, 0.2) is 5.78 Å². The van der Waals surface area contributed by atoms with Crippen molar-refractivity contribution in [2.24, 2.45) is 11.8 Å². The zero-order valence-corrected chi connectivity index (χ0v) is 21.2. The molecule has 1 heterocycles. The summed E-state index contributed by atoms with van der Waals surface area (Å²) in [6.45, 7) is 1.89. The molecule has 38 heavy (non-hydrogen) atoms. The SMILES string of the molecule is Cc1cccc(C(=O)C2C(c3ccc(F)cc3)C(C(=O)O)N(C(=O)C3CCC3)C2C=Cc2ccccc2)c1. The maximum atomic E-state index is 14.2. The third-order valence-corrected chi connectivity index (χ3v) is 7.82. The number of hydrogen-bond donors (Lipinski definition) is 1. The molecule has 1 N–H and O–H groups in total. The van der Waals surface area contributed by atoms with Crippen LogP contribution >= 0.6 is 0 Å². The van der Waals surface area contributed by atoms with E-state index in [-0.39, 0.29) is 17.6 Å². The van der Waals surface area contributed by atoms with Gasteiger partial charge in [-0.05, 0) is 49.1 Å². The molecule has 2 aliphatic rings. The van der Waals surface area contributed by atoms with E-state index in [0.29, 0.717) is 24.0 Å². The van der Waals surface area contributed by atoms with Crippen molar-refractivity contribution in [3.8, 4) is 0 Å². The summed E-state index contributed by atoms with van der Waals surface area (Å²) in [4.78, 5) is 42.3. The quantitative estimate of drug-likeness (QED) is 0.401. The summed E-state index contributed by atoms with van der Waals surface area (Å²) in [5, 5.41) is 10.5. The number of likely N-dealkylation sites (tertiary alicyclic amines) is 1. The summed E-state index contributed by atoms with van der Waals surface area (Å²) in [5.41, 5.74) is 2.76. The Labute approximate surface area is 221 Å². The van der Waals surface area contributed by atoms with E-state index in [4.69, 9.17) is 0 Å². The lowest BCUT2D eigenvalue weighted by Gasteiger charge is -2.35. The van der Waals surface area contributed by atoms with Gasteiger partial charge in [0.1, 0.15) is 11.9 Å². The average Bonchev–Trinajstić information content (AvgIpc) is 3.22. The fourth-order valence-electron chi connectivity index (χ4n) is 5.73. The summed E-state index contributed by atoms with van der Waals surface area (Å²) in [6, 6.07) is 20.2. The molecule has 1 aliphatic carbocycles. The van der Waals surface area contributed by atoms with Crippen LogP contribution in [0.25, 0.3) is 6.08 Å². The standard InChI is InChI=1S/C32H30FNO4/c1-20-7-5-12-24(19-20)30(35)28-26(18-13-21-8-3-2-4-9-21)34(31(36)23-10-6-11-23)29(32(37)38)27(28)22-14-16-25(33)17-15-22/h2-5,7-9,12-19,23,26-29H,6,10-11H2,1H3,(H,37,38). The topological polar surface area (TPSA) is 74.7 Å². The number of carboxylic acids is 1. The molecule has 3 aromatic carbocycles. The second-order valence-corrected chi connectivity index (χ2v) is 10.3. The smallest absolute Gasteiger partial charge is 0.327 e. The maximum Gasteiger partial charge on any atom is 0.327 e. The largest absolute Gasteiger partial charge is 0.480 e. The van der Waals surface area contributed by atoms with Crippen LogP contribution in [0.15, 0.2) is 84.9 Å². The van der Waals surface area contributed by atoms with E-state index in [0.717, 1.165) is 17.5 Å². The molecule has 1 saturated carbocycles. The van der Waals surface area contributed by atoms with Gasteiger partial charge in [0, 0.05) is 17.4 Å². The molecule has 1 aliphatic heterocycles. The van der Waals surface area contributed by atoms with Gasteiger partial charge in [-0.15, -0.1) is 0 Å². The maximum absolute atomic E-state index is 14.2. The highest BCUT2D eigenvalue weighted by atomic mass is 19.1. The number of carbonyl (C=O) groups is 3. The molecule has 0 radical (unpaired) electrons. The monoisotopic (exact) mass is 511 g/mol. The van der Waals surface area contributed by atoms with Gasteiger partial charge < -0.3 is 10.0 Å². The molecule has 4 atom stereocenters. The molecule has 0 spiro atoms. The second-order valence-electron chi connectivity index (χ2n) is 10.3. The summed E-state index contributed by atoms with van der Waals surface area (Å²) >= 11 is 0. The first-order valence-corrected chi connectivity index (χ1v) is 13.0. The number of benzene rings is 3. The summed E-state index contributed by atoms with van der Waals surface area (Å²) in [5.74, 6) is -4.08. The van der Waals surface area contributed by atoms with Crippen LogP contribution < -0.4 is 0 Å². The average molecular weight is 512 g/mol. The van der Waals surface area contributed by atoms with E-state index in [1.54, 1.807) is 24.3 Å². The number of carboxylic acid groups (broad SMARTS) is 1. The Morgan fingerprint density at radius 3 is 2.26 bits per heavy atom. The first-order valence-electron chi connectivity index (χ1n) is 13.0. The molecule has 1 saturated heterocycles. The van der Waals surface area contributed by atoms with Crippen molar-refractivity contribution in [3.63, 3.8) is 0 Å². The van der Waals surface area contributed by atoms with Crippen molar-refractivity contribution in [2.45, 2.75) is 44.2 Å². The van der Waals surface area contributed by atoms with E-state index in [2.05, 4.69) is 0 Å². The van der Waals surface area contributed by atoms with Crippen LogP contribution in [0, 0.1) is 24.6 Å². The highest BCUT2D eigenvalue weighted by Crippen LogP contribution is 2.47. The first kappa shape index (κ1) is 25.6. The van der Waals surface area contributed by atoms with Crippen molar-refractivity contribution in [1.29, 1.82) is 0 Å². The fourth-order valence-corrected chi connectivity index (χ4v) is 5.73. The number of halogens is 1. The van der Waals surface area contributed by atoms with Crippen LogP contribution in [0.4, 0.5) is 4.39 Å². The van der Waals surface area contributed by atoms with Crippen molar-refractivity contribution < 1.29 is 23.9 Å². The van der Waals surface area contributed by atoms with Crippen LogP contribution in [0.2, 0.25) is 0 Å². The minimum atomic E-state index is -1.27. The van der Waals surface area contributed by atoms with E-state index in [1.165, 1.54) is 29.2 Å². The van der Waals surface area contributed by atoms with Crippen molar-refractivity contribution in [1.82, 2.24) is 4.90 Å². The number of ketones is 1. The minimum absolute atomic E-state index is 0.235. The summed E-state index contributed by atoms with van der Waals surface area (Å²) < 4.78 is 13.9. The Balaban J connectivity index is 1.69. The van der Waals surface area contributed by atoms with Crippen LogP contribution in [0.3, 0.4) is 0 Å². The lowest BCUT2D eigenvalue weighted by atomic mass is 9.77. The molecule has 6 heteroatoms. The zero-order valence-electron chi connectivity index (χ0n) is 21.2. The van der Waals surface area contributed by atoms with Gasteiger partial charge in [-0.3, -0.25) is 9.59 Å². The summed E-state index contributed by atoms with van der Waals surface area (Å²) in [7, 11) is 0. The number of rotatable bonds is 7. The molecule has 5 nitrogen and oxygen atoms in total. The molecule has 5 rings (SSSR count). The first-order chi connectivity index (χ1) is 18.3. The minimum Gasteiger partial charge on any atom is -0.480 e.